The van der Waals surface area contributed by atoms with Crippen molar-refractivity contribution in [3.05, 3.63) is 29.6 Å². The number of anilines is 1. The molecule has 0 radical (unpaired) electrons. The molecule has 1 saturated heterocycles. The van der Waals surface area contributed by atoms with Gasteiger partial charge in [-0.05, 0) is 36.7 Å². The molecule has 2 rings (SSSR count). The van der Waals surface area contributed by atoms with Gasteiger partial charge in [0, 0.05) is 18.8 Å². The van der Waals surface area contributed by atoms with Crippen LogP contribution in [0.25, 0.3) is 0 Å². The van der Waals surface area contributed by atoms with Crippen LogP contribution in [0, 0.1) is 5.82 Å². The Labute approximate surface area is 119 Å². The van der Waals surface area contributed by atoms with Crippen LogP contribution in [-0.4, -0.2) is 44.1 Å². The van der Waals surface area contributed by atoms with Gasteiger partial charge in [0.05, 0.1) is 25.9 Å². The molecule has 1 aliphatic heterocycles. The second-order valence-corrected chi connectivity index (χ2v) is 5.05. The molecule has 0 amide bonds. The summed E-state index contributed by atoms with van der Waals surface area (Å²) in [4.78, 5) is 2.12. The number of aliphatic hydroxyl groups excluding tert-OH is 1. The summed E-state index contributed by atoms with van der Waals surface area (Å²) in [5, 5.41) is 12.8. The molecular weight excluding hydrogens is 259 g/mol. The third kappa shape index (κ3) is 3.69. The Morgan fingerprint density at radius 3 is 3.10 bits per heavy atom. The summed E-state index contributed by atoms with van der Waals surface area (Å²) in [6.45, 7) is 5.55. The fraction of sp³-hybridized carbons (Fsp3) is 0.600. The van der Waals surface area contributed by atoms with Gasteiger partial charge in [-0.3, -0.25) is 0 Å². The maximum Gasteiger partial charge on any atom is 0.123 e. The van der Waals surface area contributed by atoms with E-state index in [1.807, 2.05) is 0 Å². The highest BCUT2D eigenvalue weighted by Crippen LogP contribution is 2.25. The lowest BCUT2D eigenvalue weighted by Gasteiger charge is -2.37. The zero-order chi connectivity index (χ0) is 14.4. The molecule has 112 valence electrons. The first-order valence-electron chi connectivity index (χ1n) is 7.20. The maximum absolute atomic E-state index is 13.5. The van der Waals surface area contributed by atoms with Crippen molar-refractivity contribution >= 4 is 5.69 Å². The Balaban J connectivity index is 2.19. The molecule has 1 fully saturated rings. The van der Waals surface area contributed by atoms with Crippen molar-refractivity contribution in [2.24, 2.45) is 0 Å². The number of halogens is 1. The number of nitrogens with zero attached hydrogens (tertiary/aromatic N) is 1. The van der Waals surface area contributed by atoms with Gasteiger partial charge in [0.15, 0.2) is 0 Å². The van der Waals surface area contributed by atoms with Crippen molar-refractivity contribution in [1.29, 1.82) is 0 Å². The molecule has 4 nitrogen and oxygen atoms in total. The molecule has 1 atom stereocenters. The maximum atomic E-state index is 13.5. The lowest BCUT2D eigenvalue weighted by atomic mass is 10.1. The van der Waals surface area contributed by atoms with Crippen LogP contribution < -0.4 is 10.2 Å². The minimum absolute atomic E-state index is 0.0409. The average molecular weight is 282 g/mol. The van der Waals surface area contributed by atoms with Gasteiger partial charge in [-0.25, -0.2) is 4.39 Å². The molecule has 0 saturated carbocycles. The van der Waals surface area contributed by atoms with Crippen molar-refractivity contribution in [1.82, 2.24) is 5.32 Å². The molecule has 1 heterocycles. The standard InChI is InChI=1S/C15H23FN2O2/c1-2-5-17-9-12-8-13(16)3-4-15(12)18-6-7-20-11-14(18)10-19/h3-4,8,14,17,19H,2,5-7,9-11H2,1H3. The van der Waals surface area contributed by atoms with E-state index in [9.17, 15) is 9.50 Å². The number of hydrogen-bond acceptors (Lipinski definition) is 4. The Bertz CT molecular complexity index is 428. The number of rotatable bonds is 6. The fourth-order valence-corrected chi connectivity index (χ4v) is 2.50. The number of ether oxygens (including phenoxy) is 1. The van der Waals surface area contributed by atoms with Gasteiger partial charge in [-0.1, -0.05) is 6.92 Å². The molecule has 0 aliphatic carbocycles. The summed E-state index contributed by atoms with van der Waals surface area (Å²) in [5.41, 5.74) is 1.91. The number of benzene rings is 1. The Hall–Kier alpha value is -1.17. The van der Waals surface area contributed by atoms with Gasteiger partial charge in [0.25, 0.3) is 0 Å². The average Bonchev–Trinajstić information content (AvgIpc) is 2.48. The zero-order valence-electron chi connectivity index (χ0n) is 11.9. The number of hydrogen-bond donors (Lipinski definition) is 2. The third-order valence-electron chi connectivity index (χ3n) is 3.53. The van der Waals surface area contributed by atoms with Crippen molar-refractivity contribution in [3.8, 4) is 0 Å². The number of aliphatic hydroxyl groups is 1. The Morgan fingerprint density at radius 1 is 1.50 bits per heavy atom. The van der Waals surface area contributed by atoms with E-state index in [1.54, 1.807) is 12.1 Å². The molecule has 1 aromatic rings. The predicted molar refractivity (Wildman–Crippen MR) is 77.4 cm³/mol. The molecule has 20 heavy (non-hydrogen) atoms. The Kier molecular flexibility index (Phi) is 5.76. The van der Waals surface area contributed by atoms with Crippen molar-refractivity contribution in [3.63, 3.8) is 0 Å². The van der Waals surface area contributed by atoms with Gasteiger partial charge in [0.2, 0.25) is 0 Å². The van der Waals surface area contributed by atoms with Crippen molar-refractivity contribution < 1.29 is 14.2 Å². The van der Waals surface area contributed by atoms with Crippen LogP contribution in [0.3, 0.4) is 0 Å². The molecule has 1 aliphatic rings. The van der Waals surface area contributed by atoms with E-state index < -0.39 is 0 Å². The van der Waals surface area contributed by atoms with E-state index in [1.165, 1.54) is 6.07 Å². The van der Waals surface area contributed by atoms with Crippen LogP contribution in [0.2, 0.25) is 0 Å². The van der Waals surface area contributed by atoms with Crippen molar-refractivity contribution in [2.45, 2.75) is 25.9 Å². The fourth-order valence-electron chi connectivity index (χ4n) is 2.50. The first-order chi connectivity index (χ1) is 9.76. The minimum Gasteiger partial charge on any atom is -0.394 e. The molecule has 5 heteroatoms. The van der Waals surface area contributed by atoms with Gasteiger partial charge in [-0.15, -0.1) is 0 Å². The summed E-state index contributed by atoms with van der Waals surface area (Å²) >= 11 is 0. The highest BCUT2D eigenvalue weighted by atomic mass is 19.1. The second kappa shape index (κ2) is 7.57. The molecule has 2 N–H and O–H groups in total. The molecule has 0 aromatic heterocycles. The molecule has 0 bridgehead atoms. The van der Waals surface area contributed by atoms with Gasteiger partial charge in [-0.2, -0.15) is 0 Å². The number of nitrogens with one attached hydrogen (secondary N) is 1. The summed E-state index contributed by atoms with van der Waals surface area (Å²) in [7, 11) is 0. The topological polar surface area (TPSA) is 44.7 Å². The second-order valence-electron chi connectivity index (χ2n) is 5.05. The highest BCUT2D eigenvalue weighted by molar-refractivity contribution is 5.55. The van der Waals surface area contributed by atoms with E-state index in [0.29, 0.717) is 19.8 Å². The zero-order valence-corrected chi connectivity index (χ0v) is 11.9. The van der Waals surface area contributed by atoms with E-state index in [4.69, 9.17) is 4.74 Å². The molecule has 1 aromatic carbocycles. The summed E-state index contributed by atoms with van der Waals surface area (Å²) < 4.78 is 18.9. The van der Waals surface area contributed by atoms with E-state index in [-0.39, 0.29) is 18.5 Å². The van der Waals surface area contributed by atoms with Gasteiger partial charge in [0.1, 0.15) is 5.82 Å². The first-order valence-corrected chi connectivity index (χ1v) is 7.20. The highest BCUT2D eigenvalue weighted by Gasteiger charge is 2.24. The van der Waals surface area contributed by atoms with Crippen LogP contribution in [0.15, 0.2) is 18.2 Å². The van der Waals surface area contributed by atoms with E-state index in [2.05, 4.69) is 17.1 Å². The predicted octanol–water partition coefficient (Wildman–Crippen LogP) is 1.52. The van der Waals surface area contributed by atoms with Crippen LogP contribution in [-0.2, 0) is 11.3 Å². The number of morpholine rings is 1. The molecular formula is C15H23FN2O2. The third-order valence-corrected chi connectivity index (χ3v) is 3.53. The summed E-state index contributed by atoms with van der Waals surface area (Å²) in [6, 6.07) is 4.79. The largest absolute Gasteiger partial charge is 0.394 e. The SMILES string of the molecule is CCCNCc1cc(F)ccc1N1CCOCC1CO. The normalized spacial score (nSPS) is 19.4. The smallest absolute Gasteiger partial charge is 0.123 e. The van der Waals surface area contributed by atoms with E-state index in [0.717, 1.165) is 30.8 Å². The van der Waals surface area contributed by atoms with Crippen LogP contribution >= 0.6 is 0 Å². The quantitative estimate of drug-likeness (QED) is 0.777. The summed E-state index contributed by atoms with van der Waals surface area (Å²) in [6.07, 6.45) is 1.04. The van der Waals surface area contributed by atoms with Gasteiger partial charge >= 0.3 is 0 Å². The minimum atomic E-state index is -0.226. The van der Waals surface area contributed by atoms with Crippen LogP contribution in [0.5, 0.6) is 0 Å². The summed E-state index contributed by atoms with van der Waals surface area (Å²) in [5.74, 6) is -0.226. The van der Waals surface area contributed by atoms with Crippen LogP contribution in [0.4, 0.5) is 10.1 Å². The molecule has 1 unspecified atom stereocenters. The van der Waals surface area contributed by atoms with E-state index >= 15 is 0 Å². The van der Waals surface area contributed by atoms with Crippen molar-refractivity contribution in [2.75, 3.05) is 37.8 Å². The lowest BCUT2D eigenvalue weighted by Crippen LogP contribution is -2.48. The molecule has 0 spiro atoms. The van der Waals surface area contributed by atoms with Crippen LogP contribution in [0.1, 0.15) is 18.9 Å². The monoisotopic (exact) mass is 282 g/mol. The Morgan fingerprint density at radius 2 is 2.35 bits per heavy atom. The van der Waals surface area contributed by atoms with Gasteiger partial charge < -0.3 is 20.1 Å². The first kappa shape index (κ1) is 15.2. The lowest BCUT2D eigenvalue weighted by molar-refractivity contribution is 0.0726.